The topological polar surface area (TPSA) is 21.3 Å². The number of halogens is 1. The molecule has 1 aromatic carbocycles. The molecule has 1 aromatic rings. The van der Waals surface area contributed by atoms with Crippen molar-refractivity contribution in [2.45, 2.75) is 26.4 Å². The Kier molecular flexibility index (Phi) is 2.22. The van der Waals surface area contributed by atoms with Crippen molar-refractivity contribution in [3.8, 4) is 5.75 Å². The van der Waals surface area contributed by atoms with E-state index < -0.39 is 0 Å². The van der Waals surface area contributed by atoms with Gasteiger partial charge in [0.15, 0.2) is 0 Å². The Morgan fingerprint density at radius 1 is 1.43 bits per heavy atom. The van der Waals surface area contributed by atoms with E-state index in [-0.39, 0.29) is 5.60 Å². The SMILES string of the molecule is Cc1cc(Br)c2c(c1)OC(C)(C)CN2. The maximum Gasteiger partial charge on any atom is 0.144 e. The zero-order chi connectivity index (χ0) is 10.3. The van der Waals surface area contributed by atoms with Crippen molar-refractivity contribution in [3.05, 3.63) is 22.2 Å². The maximum atomic E-state index is 5.89. The standard InChI is InChI=1S/C11H14BrNO/c1-7-4-8(12)10-9(5-7)14-11(2,3)6-13-10/h4-5,13H,6H2,1-3H3. The summed E-state index contributed by atoms with van der Waals surface area (Å²) in [5.41, 5.74) is 2.14. The van der Waals surface area contributed by atoms with E-state index in [1.807, 2.05) is 0 Å². The van der Waals surface area contributed by atoms with E-state index >= 15 is 0 Å². The van der Waals surface area contributed by atoms with Crippen molar-refractivity contribution in [1.82, 2.24) is 0 Å². The van der Waals surface area contributed by atoms with Crippen LogP contribution in [-0.2, 0) is 0 Å². The molecule has 1 aliphatic rings. The zero-order valence-corrected chi connectivity index (χ0v) is 10.2. The van der Waals surface area contributed by atoms with Crippen LogP contribution in [0.5, 0.6) is 5.75 Å². The van der Waals surface area contributed by atoms with Gasteiger partial charge in [-0.15, -0.1) is 0 Å². The summed E-state index contributed by atoms with van der Waals surface area (Å²) >= 11 is 3.53. The molecule has 0 atom stereocenters. The Labute approximate surface area is 92.8 Å². The van der Waals surface area contributed by atoms with Gasteiger partial charge in [-0.2, -0.15) is 0 Å². The predicted molar refractivity (Wildman–Crippen MR) is 62.1 cm³/mol. The van der Waals surface area contributed by atoms with Gasteiger partial charge in [-0.1, -0.05) is 0 Å². The fourth-order valence-corrected chi connectivity index (χ4v) is 2.29. The Morgan fingerprint density at radius 3 is 2.86 bits per heavy atom. The number of ether oxygens (including phenoxy) is 1. The van der Waals surface area contributed by atoms with Crippen LogP contribution in [0.3, 0.4) is 0 Å². The number of anilines is 1. The van der Waals surface area contributed by atoms with Crippen LogP contribution in [0.4, 0.5) is 5.69 Å². The second-order valence-corrected chi connectivity index (χ2v) is 5.19. The molecule has 0 unspecified atom stereocenters. The number of hydrogen-bond donors (Lipinski definition) is 1. The summed E-state index contributed by atoms with van der Waals surface area (Å²) in [4.78, 5) is 0. The number of aryl methyl sites for hydroxylation is 1. The first-order valence-electron chi connectivity index (χ1n) is 4.71. The van der Waals surface area contributed by atoms with Crippen molar-refractivity contribution in [2.75, 3.05) is 11.9 Å². The van der Waals surface area contributed by atoms with Crippen molar-refractivity contribution in [1.29, 1.82) is 0 Å². The van der Waals surface area contributed by atoms with Gasteiger partial charge in [0, 0.05) is 4.47 Å². The Hall–Kier alpha value is -0.700. The van der Waals surface area contributed by atoms with Crippen LogP contribution in [0.25, 0.3) is 0 Å². The van der Waals surface area contributed by atoms with Crippen molar-refractivity contribution in [2.24, 2.45) is 0 Å². The minimum atomic E-state index is -0.125. The molecule has 0 radical (unpaired) electrons. The maximum absolute atomic E-state index is 5.89. The van der Waals surface area contributed by atoms with Gasteiger partial charge >= 0.3 is 0 Å². The average Bonchev–Trinajstić information content (AvgIpc) is 2.00. The number of nitrogens with one attached hydrogen (secondary N) is 1. The molecule has 76 valence electrons. The fourth-order valence-electron chi connectivity index (χ4n) is 1.60. The average molecular weight is 256 g/mol. The first-order chi connectivity index (χ1) is 6.48. The van der Waals surface area contributed by atoms with Gasteiger partial charge in [-0.05, 0) is 54.4 Å². The third-order valence-electron chi connectivity index (χ3n) is 2.28. The van der Waals surface area contributed by atoms with Crippen LogP contribution in [-0.4, -0.2) is 12.1 Å². The van der Waals surface area contributed by atoms with Gasteiger partial charge in [0.05, 0.1) is 12.2 Å². The number of benzene rings is 1. The molecule has 0 amide bonds. The van der Waals surface area contributed by atoms with Crippen molar-refractivity contribution >= 4 is 21.6 Å². The van der Waals surface area contributed by atoms with E-state index in [0.717, 1.165) is 22.5 Å². The molecule has 2 rings (SSSR count). The van der Waals surface area contributed by atoms with E-state index in [1.54, 1.807) is 0 Å². The van der Waals surface area contributed by atoms with E-state index in [0.29, 0.717) is 0 Å². The van der Waals surface area contributed by atoms with E-state index in [1.165, 1.54) is 5.56 Å². The molecule has 0 saturated carbocycles. The van der Waals surface area contributed by atoms with Gasteiger partial charge in [0.1, 0.15) is 11.4 Å². The molecule has 0 spiro atoms. The highest BCUT2D eigenvalue weighted by Gasteiger charge is 2.27. The summed E-state index contributed by atoms with van der Waals surface area (Å²) in [6.45, 7) is 7.07. The van der Waals surface area contributed by atoms with Crippen LogP contribution in [0.1, 0.15) is 19.4 Å². The van der Waals surface area contributed by atoms with Crippen LogP contribution in [0.2, 0.25) is 0 Å². The first kappa shape index (κ1) is 9.84. The second kappa shape index (κ2) is 3.16. The molecule has 0 saturated heterocycles. The highest BCUT2D eigenvalue weighted by molar-refractivity contribution is 9.10. The minimum absolute atomic E-state index is 0.125. The summed E-state index contributed by atoms with van der Waals surface area (Å²) in [5, 5.41) is 3.38. The second-order valence-electron chi connectivity index (χ2n) is 4.34. The third kappa shape index (κ3) is 1.73. The number of rotatable bonds is 0. The molecule has 0 aliphatic carbocycles. The van der Waals surface area contributed by atoms with Crippen LogP contribution in [0.15, 0.2) is 16.6 Å². The Morgan fingerprint density at radius 2 is 2.14 bits per heavy atom. The summed E-state index contributed by atoms with van der Waals surface area (Å²) in [7, 11) is 0. The fraction of sp³-hybridized carbons (Fsp3) is 0.455. The summed E-state index contributed by atoms with van der Waals surface area (Å²) in [6.07, 6.45) is 0. The van der Waals surface area contributed by atoms with E-state index in [2.05, 4.69) is 54.2 Å². The molecule has 1 heterocycles. The predicted octanol–water partition coefficient (Wildman–Crippen LogP) is 3.34. The molecule has 14 heavy (non-hydrogen) atoms. The lowest BCUT2D eigenvalue weighted by Gasteiger charge is -2.34. The van der Waals surface area contributed by atoms with Crippen LogP contribution in [0, 0.1) is 6.92 Å². The lowest BCUT2D eigenvalue weighted by atomic mass is 10.1. The molecule has 3 heteroatoms. The molecular formula is C11H14BrNO. The van der Waals surface area contributed by atoms with Gasteiger partial charge < -0.3 is 10.1 Å². The summed E-state index contributed by atoms with van der Waals surface area (Å²) in [5.74, 6) is 0.938. The molecule has 0 fully saturated rings. The highest BCUT2D eigenvalue weighted by atomic mass is 79.9. The van der Waals surface area contributed by atoms with Crippen molar-refractivity contribution < 1.29 is 4.74 Å². The van der Waals surface area contributed by atoms with Crippen molar-refractivity contribution in [3.63, 3.8) is 0 Å². The van der Waals surface area contributed by atoms with E-state index in [9.17, 15) is 0 Å². The summed E-state index contributed by atoms with van der Waals surface area (Å²) in [6, 6.07) is 4.15. The Bertz CT molecular complexity index is 374. The number of fused-ring (bicyclic) bond motifs is 1. The lowest BCUT2D eigenvalue weighted by Crippen LogP contribution is -2.40. The van der Waals surface area contributed by atoms with Crippen LogP contribution >= 0.6 is 15.9 Å². The normalized spacial score (nSPS) is 18.0. The molecule has 1 aliphatic heterocycles. The van der Waals surface area contributed by atoms with Crippen LogP contribution < -0.4 is 10.1 Å². The van der Waals surface area contributed by atoms with Gasteiger partial charge in [-0.3, -0.25) is 0 Å². The molecule has 1 N–H and O–H groups in total. The Balaban J connectivity index is 2.47. The third-order valence-corrected chi connectivity index (χ3v) is 2.90. The largest absolute Gasteiger partial charge is 0.484 e. The highest BCUT2D eigenvalue weighted by Crippen LogP contribution is 2.39. The molecule has 0 bridgehead atoms. The quantitative estimate of drug-likeness (QED) is 0.768. The van der Waals surface area contributed by atoms with Gasteiger partial charge in [-0.25, -0.2) is 0 Å². The first-order valence-corrected chi connectivity index (χ1v) is 5.50. The summed E-state index contributed by atoms with van der Waals surface area (Å²) < 4.78 is 6.96. The molecular weight excluding hydrogens is 242 g/mol. The molecule has 0 aromatic heterocycles. The van der Waals surface area contributed by atoms with Gasteiger partial charge in [0.25, 0.3) is 0 Å². The monoisotopic (exact) mass is 255 g/mol. The smallest absolute Gasteiger partial charge is 0.144 e. The van der Waals surface area contributed by atoms with Gasteiger partial charge in [0.2, 0.25) is 0 Å². The molecule has 2 nitrogen and oxygen atoms in total. The lowest BCUT2D eigenvalue weighted by molar-refractivity contribution is 0.116. The minimum Gasteiger partial charge on any atom is -0.484 e. The zero-order valence-electron chi connectivity index (χ0n) is 8.65. The van der Waals surface area contributed by atoms with E-state index in [4.69, 9.17) is 4.74 Å². The number of hydrogen-bond acceptors (Lipinski definition) is 2.